The van der Waals surface area contributed by atoms with E-state index in [2.05, 4.69) is 10.3 Å². The maximum absolute atomic E-state index is 11.4. The summed E-state index contributed by atoms with van der Waals surface area (Å²) in [5, 5.41) is 3.51. The zero-order valence-electron chi connectivity index (χ0n) is 8.83. The molecule has 1 N–H and O–H groups in total. The predicted molar refractivity (Wildman–Crippen MR) is 61.0 cm³/mol. The molecular formula is C10H14ClN3O. The molecule has 1 rings (SSSR count). The molecular weight excluding hydrogens is 214 g/mol. The second-order valence-corrected chi connectivity index (χ2v) is 3.56. The molecule has 1 aromatic rings. The lowest BCUT2D eigenvalue weighted by molar-refractivity contribution is -0.127. The van der Waals surface area contributed by atoms with E-state index in [9.17, 15) is 4.79 Å². The number of amides is 1. The summed E-state index contributed by atoms with van der Waals surface area (Å²) >= 11 is 5.68. The molecule has 0 fully saturated rings. The SMILES string of the molecule is CCN(C)C(=O)CNc1ccc(Cl)cn1. The number of carbonyl (C=O) groups excluding carboxylic acids is 1. The first-order chi connectivity index (χ1) is 7.13. The van der Waals surface area contributed by atoms with E-state index in [0.717, 1.165) is 0 Å². The van der Waals surface area contributed by atoms with Gasteiger partial charge in [0.05, 0.1) is 11.6 Å². The van der Waals surface area contributed by atoms with Crippen LogP contribution in [0.5, 0.6) is 0 Å². The molecule has 0 bridgehead atoms. The fourth-order valence-corrected chi connectivity index (χ4v) is 1.07. The Labute approximate surface area is 94.3 Å². The molecule has 0 radical (unpaired) electrons. The number of halogens is 1. The molecule has 1 heterocycles. The summed E-state index contributed by atoms with van der Waals surface area (Å²) in [6.45, 7) is 2.88. The van der Waals surface area contributed by atoms with Crippen molar-refractivity contribution >= 4 is 23.3 Å². The second kappa shape index (κ2) is 5.56. The van der Waals surface area contributed by atoms with Crippen LogP contribution in [0.4, 0.5) is 5.82 Å². The Morgan fingerprint density at radius 3 is 2.87 bits per heavy atom. The summed E-state index contributed by atoms with van der Waals surface area (Å²) < 4.78 is 0. The maximum Gasteiger partial charge on any atom is 0.241 e. The number of hydrogen-bond acceptors (Lipinski definition) is 3. The van der Waals surface area contributed by atoms with Gasteiger partial charge in [0, 0.05) is 19.8 Å². The summed E-state index contributed by atoms with van der Waals surface area (Å²) in [5.74, 6) is 0.687. The van der Waals surface area contributed by atoms with E-state index < -0.39 is 0 Å². The molecule has 0 aromatic carbocycles. The van der Waals surface area contributed by atoms with E-state index in [0.29, 0.717) is 17.4 Å². The molecule has 0 atom stereocenters. The van der Waals surface area contributed by atoms with Gasteiger partial charge in [0.2, 0.25) is 5.91 Å². The lowest BCUT2D eigenvalue weighted by Crippen LogP contribution is -2.32. The first-order valence-electron chi connectivity index (χ1n) is 4.73. The standard InChI is InChI=1S/C10H14ClN3O/c1-3-14(2)10(15)7-13-9-5-4-8(11)6-12-9/h4-6H,3,7H2,1-2H3,(H,12,13). The molecule has 4 nitrogen and oxygen atoms in total. The Balaban J connectivity index is 2.43. The summed E-state index contributed by atoms with van der Waals surface area (Å²) in [4.78, 5) is 17.1. The van der Waals surface area contributed by atoms with Gasteiger partial charge in [0.15, 0.2) is 0 Å². The highest BCUT2D eigenvalue weighted by atomic mass is 35.5. The third kappa shape index (κ3) is 3.75. The number of nitrogens with zero attached hydrogens (tertiary/aromatic N) is 2. The quantitative estimate of drug-likeness (QED) is 0.851. The molecule has 0 aliphatic carbocycles. The van der Waals surface area contributed by atoms with Gasteiger partial charge in [0.1, 0.15) is 5.82 Å². The Morgan fingerprint density at radius 1 is 1.60 bits per heavy atom. The van der Waals surface area contributed by atoms with E-state index in [-0.39, 0.29) is 12.5 Å². The van der Waals surface area contributed by atoms with Crippen LogP contribution in [0, 0.1) is 0 Å². The van der Waals surface area contributed by atoms with Crippen LogP contribution < -0.4 is 5.32 Å². The zero-order valence-corrected chi connectivity index (χ0v) is 9.58. The van der Waals surface area contributed by atoms with Gasteiger partial charge < -0.3 is 10.2 Å². The van der Waals surface area contributed by atoms with Crippen LogP contribution in [0.3, 0.4) is 0 Å². The Kier molecular flexibility index (Phi) is 4.37. The van der Waals surface area contributed by atoms with E-state index in [1.54, 1.807) is 24.1 Å². The highest BCUT2D eigenvalue weighted by Crippen LogP contribution is 2.08. The molecule has 5 heteroatoms. The van der Waals surface area contributed by atoms with Gasteiger partial charge in [-0.15, -0.1) is 0 Å². The van der Waals surface area contributed by atoms with Gasteiger partial charge in [-0.2, -0.15) is 0 Å². The number of nitrogens with one attached hydrogen (secondary N) is 1. The lowest BCUT2D eigenvalue weighted by atomic mass is 10.4. The number of likely N-dealkylation sites (N-methyl/N-ethyl adjacent to an activating group) is 1. The molecule has 0 unspecified atom stereocenters. The van der Waals surface area contributed by atoms with E-state index in [1.165, 1.54) is 6.20 Å². The second-order valence-electron chi connectivity index (χ2n) is 3.12. The third-order valence-electron chi connectivity index (χ3n) is 2.05. The van der Waals surface area contributed by atoms with E-state index in [1.807, 2.05) is 6.92 Å². The first kappa shape index (κ1) is 11.8. The maximum atomic E-state index is 11.4. The Bertz CT molecular complexity index is 326. The van der Waals surface area contributed by atoms with Crippen LogP contribution in [0.2, 0.25) is 5.02 Å². The number of pyridine rings is 1. The molecule has 15 heavy (non-hydrogen) atoms. The van der Waals surface area contributed by atoms with Crippen molar-refractivity contribution in [3.63, 3.8) is 0 Å². The van der Waals surface area contributed by atoms with Crippen LogP contribution in [0.15, 0.2) is 18.3 Å². The number of hydrogen-bond donors (Lipinski definition) is 1. The highest BCUT2D eigenvalue weighted by molar-refractivity contribution is 6.30. The largest absolute Gasteiger partial charge is 0.361 e. The normalized spacial score (nSPS) is 9.80. The van der Waals surface area contributed by atoms with Crippen molar-refractivity contribution in [2.75, 3.05) is 25.5 Å². The monoisotopic (exact) mass is 227 g/mol. The summed E-state index contributed by atoms with van der Waals surface area (Å²) in [5.41, 5.74) is 0. The van der Waals surface area contributed by atoms with E-state index in [4.69, 9.17) is 11.6 Å². The molecule has 0 aliphatic rings. The van der Waals surface area contributed by atoms with E-state index >= 15 is 0 Å². The number of rotatable bonds is 4. The Hall–Kier alpha value is -1.29. The van der Waals surface area contributed by atoms with Gasteiger partial charge >= 0.3 is 0 Å². The minimum atomic E-state index is 0.0363. The van der Waals surface area contributed by atoms with Crippen molar-refractivity contribution in [3.05, 3.63) is 23.4 Å². The smallest absolute Gasteiger partial charge is 0.241 e. The minimum Gasteiger partial charge on any atom is -0.361 e. The molecule has 0 spiro atoms. The van der Waals surface area contributed by atoms with Gasteiger partial charge in [-0.3, -0.25) is 4.79 Å². The predicted octanol–water partition coefficient (Wildman–Crippen LogP) is 1.63. The first-order valence-corrected chi connectivity index (χ1v) is 5.10. The number of carbonyl (C=O) groups is 1. The lowest BCUT2D eigenvalue weighted by Gasteiger charge is -2.14. The fourth-order valence-electron chi connectivity index (χ4n) is 0.958. The Morgan fingerprint density at radius 2 is 2.33 bits per heavy atom. The van der Waals surface area contributed by atoms with Gasteiger partial charge in [-0.1, -0.05) is 11.6 Å². The van der Waals surface area contributed by atoms with Crippen LogP contribution in [-0.4, -0.2) is 35.9 Å². The van der Waals surface area contributed by atoms with Gasteiger partial charge in [0.25, 0.3) is 0 Å². The number of aromatic nitrogens is 1. The fraction of sp³-hybridized carbons (Fsp3) is 0.400. The minimum absolute atomic E-state index is 0.0363. The summed E-state index contributed by atoms with van der Waals surface area (Å²) in [6.07, 6.45) is 1.54. The van der Waals surface area contributed by atoms with Crippen molar-refractivity contribution in [1.82, 2.24) is 9.88 Å². The topological polar surface area (TPSA) is 45.2 Å². The van der Waals surface area contributed by atoms with Crippen LogP contribution in [0.1, 0.15) is 6.92 Å². The van der Waals surface area contributed by atoms with Crippen LogP contribution in [-0.2, 0) is 4.79 Å². The van der Waals surface area contributed by atoms with Crippen molar-refractivity contribution in [2.45, 2.75) is 6.92 Å². The third-order valence-corrected chi connectivity index (χ3v) is 2.27. The molecule has 1 aromatic heterocycles. The molecule has 0 aliphatic heterocycles. The van der Waals surface area contributed by atoms with Crippen LogP contribution in [0.25, 0.3) is 0 Å². The average molecular weight is 228 g/mol. The molecule has 82 valence electrons. The van der Waals surface area contributed by atoms with Crippen molar-refractivity contribution in [2.24, 2.45) is 0 Å². The van der Waals surface area contributed by atoms with Crippen molar-refractivity contribution in [3.8, 4) is 0 Å². The van der Waals surface area contributed by atoms with Gasteiger partial charge in [-0.25, -0.2) is 4.98 Å². The van der Waals surface area contributed by atoms with Crippen LogP contribution >= 0.6 is 11.6 Å². The molecule has 0 saturated carbocycles. The molecule has 0 saturated heterocycles. The summed E-state index contributed by atoms with van der Waals surface area (Å²) in [6, 6.07) is 3.46. The van der Waals surface area contributed by atoms with Crippen molar-refractivity contribution in [1.29, 1.82) is 0 Å². The zero-order chi connectivity index (χ0) is 11.3. The highest BCUT2D eigenvalue weighted by Gasteiger charge is 2.05. The number of anilines is 1. The average Bonchev–Trinajstić information content (AvgIpc) is 2.26. The molecule has 1 amide bonds. The van der Waals surface area contributed by atoms with Gasteiger partial charge in [-0.05, 0) is 19.1 Å². The summed E-state index contributed by atoms with van der Waals surface area (Å²) in [7, 11) is 1.76. The van der Waals surface area contributed by atoms with Crippen molar-refractivity contribution < 1.29 is 4.79 Å².